The summed E-state index contributed by atoms with van der Waals surface area (Å²) in [6.07, 6.45) is -0.813. The second-order valence-electron chi connectivity index (χ2n) is 8.51. The molecular formula is C17H33N3O4. The molecule has 2 amide bonds. The van der Waals surface area contributed by atoms with E-state index >= 15 is 0 Å². The van der Waals surface area contributed by atoms with Crippen molar-refractivity contribution < 1.29 is 19.1 Å². The third-order valence-electron chi connectivity index (χ3n) is 3.57. The predicted molar refractivity (Wildman–Crippen MR) is 93.0 cm³/mol. The Morgan fingerprint density at radius 3 is 1.50 bits per heavy atom. The fourth-order valence-electron chi connectivity index (χ4n) is 2.69. The molecule has 1 saturated heterocycles. The van der Waals surface area contributed by atoms with E-state index in [-0.39, 0.29) is 11.8 Å². The molecule has 2 atom stereocenters. The number of rotatable bonds is 4. The van der Waals surface area contributed by atoms with E-state index in [1.165, 1.54) is 0 Å². The summed E-state index contributed by atoms with van der Waals surface area (Å²) in [6, 6.07) is 0. The summed E-state index contributed by atoms with van der Waals surface area (Å²) in [5.74, 6) is 0.523. The highest BCUT2D eigenvalue weighted by Crippen LogP contribution is 2.21. The maximum Gasteiger partial charge on any atom is 0.407 e. The SMILES string of the molecule is CN1C[C@H](CNC(=O)OC(C)(C)C)[C@@H](CNC(=O)OC(C)(C)C)C1. The molecule has 0 aliphatic carbocycles. The van der Waals surface area contributed by atoms with Crippen molar-refractivity contribution >= 4 is 12.2 Å². The molecule has 0 spiro atoms. The number of ether oxygens (including phenoxy) is 2. The fraction of sp³-hybridized carbons (Fsp3) is 0.882. The number of hydrogen-bond donors (Lipinski definition) is 2. The smallest absolute Gasteiger partial charge is 0.407 e. The van der Waals surface area contributed by atoms with Crippen molar-refractivity contribution in [3.63, 3.8) is 0 Å². The molecule has 1 aliphatic rings. The van der Waals surface area contributed by atoms with Crippen LogP contribution in [0.15, 0.2) is 0 Å². The lowest BCUT2D eigenvalue weighted by molar-refractivity contribution is 0.0491. The van der Waals surface area contributed by atoms with Crippen LogP contribution in [0, 0.1) is 11.8 Å². The number of nitrogens with one attached hydrogen (secondary N) is 2. The zero-order valence-electron chi connectivity index (χ0n) is 16.1. The molecule has 0 radical (unpaired) electrons. The van der Waals surface area contributed by atoms with Crippen LogP contribution in [0.2, 0.25) is 0 Å². The van der Waals surface area contributed by atoms with E-state index in [9.17, 15) is 9.59 Å². The summed E-state index contributed by atoms with van der Waals surface area (Å²) in [4.78, 5) is 25.8. The summed E-state index contributed by atoms with van der Waals surface area (Å²) in [6.45, 7) is 13.8. The number of amides is 2. The first-order valence-corrected chi connectivity index (χ1v) is 8.48. The summed E-state index contributed by atoms with van der Waals surface area (Å²) in [5.41, 5.74) is -1.01. The van der Waals surface area contributed by atoms with Gasteiger partial charge in [0, 0.05) is 26.2 Å². The molecule has 2 N–H and O–H groups in total. The van der Waals surface area contributed by atoms with Gasteiger partial charge in [-0.3, -0.25) is 0 Å². The summed E-state index contributed by atoms with van der Waals surface area (Å²) in [5, 5.41) is 5.65. The van der Waals surface area contributed by atoms with Gasteiger partial charge in [0.25, 0.3) is 0 Å². The lowest BCUT2D eigenvalue weighted by Crippen LogP contribution is -2.40. The second-order valence-corrected chi connectivity index (χ2v) is 8.51. The standard InChI is InChI=1S/C17H33N3O4/c1-16(2,3)23-14(21)18-8-12-10-20(7)11-13(12)9-19-15(22)24-17(4,5)6/h12-13H,8-11H2,1-7H3,(H,18,21)(H,19,22)/t12-,13-/m0/s1. The molecule has 1 heterocycles. The van der Waals surface area contributed by atoms with E-state index in [4.69, 9.17) is 9.47 Å². The van der Waals surface area contributed by atoms with Gasteiger partial charge in [-0.25, -0.2) is 9.59 Å². The van der Waals surface area contributed by atoms with Gasteiger partial charge in [0.05, 0.1) is 0 Å². The Bertz CT molecular complexity index is 400. The molecule has 24 heavy (non-hydrogen) atoms. The van der Waals surface area contributed by atoms with Crippen molar-refractivity contribution in [2.24, 2.45) is 11.8 Å². The van der Waals surface area contributed by atoms with Gasteiger partial charge >= 0.3 is 12.2 Å². The number of hydrogen-bond acceptors (Lipinski definition) is 5. The first-order chi connectivity index (χ1) is 10.9. The van der Waals surface area contributed by atoms with Crippen LogP contribution < -0.4 is 10.6 Å². The van der Waals surface area contributed by atoms with Gasteiger partial charge < -0.3 is 25.0 Å². The maximum atomic E-state index is 11.8. The van der Waals surface area contributed by atoms with E-state index in [1.807, 2.05) is 48.6 Å². The minimum Gasteiger partial charge on any atom is -0.444 e. The lowest BCUT2D eigenvalue weighted by atomic mass is 9.96. The summed E-state index contributed by atoms with van der Waals surface area (Å²) >= 11 is 0. The van der Waals surface area contributed by atoms with E-state index in [0.717, 1.165) is 13.1 Å². The Kier molecular flexibility index (Phi) is 6.89. The van der Waals surface area contributed by atoms with E-state index in [1.54, 1.807) is 0 Å². The van der Waals surface area contributed by atoms with Crippen LogP contribution in [0.4, 0.5) is 9.59 Å². The van der Waals surface area contributed by atoms with Gasteiger partial charge in [-0.15, -0.1) is 0 Å². The van der Waals surface area contributed by atoms with Crippen molar-refractivity contribution in [3.05, 3.63) is 0 Å². The molecule has 0 saturated carbocycles. The molecule has 0 bridgehead atoms. The largest absolute Gasteiger partial charge is 0.444 e. The minimum atomic E-state index is -0.506. The molecule has 1 aliphatic heterocycles. The average molecular weight is 343 g/mol. The number of likely N-dealkylation sites (tertiary alicyclic amines) is 1. The number of carbonyl (C=O) groups is 2. The molecule has 140 valence electrons. The topological polar surface area (TPSA) is 79.9 Å². The molecule has 1 rings (SSSR count). The minimum absolute atomic E-state index is 0.262. The van der Waals surface area contributed by atoms with Crippen molar-refractivity contribution in [1.82, 2.24) is 15.5 Å². The van der Waals surface area contributed by atoms with E-state index in [2.05, 4.69) is 15.5 Å². The van der Waals surface area contributed by atoms with Gasteiger partial charge in [-0.1, -0.05) is 0 Å². The van der Waals surface area contributed by atoms with Crippen molar-refractivity contribution in [3.8, 4) is 0 Å². The fourth-order valence-corrected chi connectivity index (χ4v) is 2.69. The first kappa shape index (κ1) is 20.5. The van der Waals surface area contributed by atoms with Gasteiger partial charge in [0.15, 0.2) is 0 Å². The van der Waals surface area contributed by atoms with Crippen molar-refractivity contribution in [2.45, 2.75) is 52.7 Å². The molecule has 1 fully saturated rings. The zero-order valence-corrected chi connectivity index (χ0v) is 16.1. The Balaban J connectivity index is 2.43. The van der Waals surface area contributed by atoms with Crippen LogP contribution in [0.5, 0.6) is 0 Å². The third-order valence-corrected chi connectivity index (χ3v) is 3.57. The highest BCUT2D eigenvalue weighted by molar-refractivity contribution is 5.68. The monoisotopic (exact) mass is 343 g/mol. The Hall–Kier alpha value is -1.50. The van der Waals surface area contributed by atoms with Crippen LogP contribution in [-0.2, 0) is 9.47 Å². The lowest BCUT2D eigenvalue weighted by Gasteiger charge is -2.24. The number of nitrogens with zero attached hydrogens (tertiary/aromatic N) is 1. The number of alkyl carbamates (subject to hydrolysis) is 2. The van der Waals surface area contributed by atoms with Crippen LogP contribution in [-0.4, -0.2) is 61.5 Å². The maximum absolute atomic E-state index is 11.8. The number of carbonyl (C=O) groups excluding carboxylic acids is 2. The molecule has 0 aromatic heterocycles. The second kappa shape index (κ2) is 8.05. The summed E-state index contributed by atoms with van der Waals surface area (Å²) in [7, 11) is 2.04. The van der Waals surface area contributed by atoms with Gasteiger partial charge in [0.2, 0.25) is 0 Å². The van der Waals surface area contributed by atoms with Crippen LogP contribution >= 0.6 is 0 Å². The highest BCUT2D eigenvalue weighted by atomic mass is 16.6. The first-order valence-electron chi connectivity index (χ1n) is 8.48. The highest BCUT2D eigenvalue weighted by Gasteiger charge is 2.32. The zero-order chi connectivity index (χ0) is 18.5. The average Bonchev–Trinajstić information content (AvgIpc) is 2.70. The molecule has 0 aromatic carbocycles. The molecule has 7 nitrogen and oxygen atoms in total. The predicted octanol–water partition coefficient (Wildman–Crippen LogP) is 2.21. The Morgan fingerprint density at radius 2 is 1.21 bits per heavy atom. The quantitative estimate of drug-likeness (QED) is 0.818. The molecule has 0 unspecified atom stereocenters. The van der Waals surface area contributed by atoms with Crippen LogP contribution in [0.1, 0.15) is 41.5 Å². The molecular weight excluding hydrogens is 310 g/mol. The molecule has 0 aromatic rings. The van der Waals surface area contributed by atoms with Crippen LogP contribution in [0.25, 0.3) is 0 Å². The van der Waals surface area contributed by atoms with Crippen molar-refractivity contribution in [1.29, 1.82) is 0 Å². The van der Waals surface area contributed by atoms with E-state index in [0.29, 0.717) is 13.1 Å². The Morgan fingerprint density at radius 1 is 0.875 bits per heavy atom. The van der Waals surface area contributed by atoms with E-state index < -0.39 is 23.4 Å². The molecule has 7 heteroatoms. The Labute approximate surface area is 145 Å². The summed E-state index contributed by atoms with van der Waals surface area (Å²) < 4.78 is 10.5. The van der Waals surface area contributed by atoms with Gasteiger partial charge in [-0.2, -0.15) is 0 Å². The van der Waals surface area contributed by atoms with Crippen LogP contribution in [0.3, 0.4) is 0 Å². The van der Waals surface area contributed by atoms with Crippen molar-refractivity contribution in [2.75, 3.05) is 33.2 Å². The van der Waals surface area contributed by atoms with Gasteiger partial charge in [0.1, 0.15) is 11.2 Å². The normalized spacial score (nSPS) is 22.1. The third kappa shape index (κ3) is 8.38. The van der Waals surface area contributed by atoms with Gasteiger partial charge in [-0.05, 0) is 60.4 Å².